The highest BCUT2D eigenvalue weighted by molar-refractivity contribution is 7.11. The zero-order chi connectivity index (χ0) is 6.69. The second-order valence-corrected chi connectivity index (χ2v) is 2.33. The van der Waals surface area contributed by atoms with Crippen molar-refractivity contribution in [2.75, 3.05) is 0 Å². The molecule has 0 saturated carbocycles. The molecule has 1 N–H and O–H groups in total. The summed E-state index contributed by atoms with van der Waals surface area (Å²) in [6.07, 6.45) is 0. The normalized spacial score (nSPS) is 8.89. The van der Waals surface area contributed by atoms with Gasteiger partial charge in [-0.05, 0) is 0 Å². The van der Waals surface area contributed by atoms with Crippen molar-refractivity contribution in [3.8, 4) is 6.07 Å². The van der Waals surface area contributed by atoms with E-state index in [4.69, 9.17) is 10.4 Å². The second kappa shape index (κ2) is 2.53. The molecule has 0 unspecified atom stereocenters. The van der Waals surface area contributed by atoms with Gasteiger partial charge in [0.2, 0.25) is 5.01 Å². The fraction of sp³-hybridized carbons (Fsp3) is 0.250. The lowest BCUT2D eigenvalue weighted by molar-refractivity contribution is 0.280. The molecule has 0 fully saturated rings. The van der Waals surface area contributed by atoms with Gasteiger partial charge in [0, 0.05) is 0 Å². The molecule has 1 aromatic heterocycles. The third-order valence-corrected chi connectivity index (χ3v) is 1.51. The van der Waals surface area contributed by atoms with Gasteiger partial charge in [0.05, 0.1) is 6.61 Å². The molecule has 4 nitrogen and oxygen atoms in total. The summed E-state index contributed by atoms with van der Waals surface area (Å²) in [5.74, 6) is 0. The molecule has 9 heavy (non-hydrogen) atoms. The lowest BCUT2D eigenvalue weighted by Gasteiger charge is -1.75. The van der Waals surface area contributed by atoms with Gasteiger partial charge in [-0.25, -0.2) is 0 Å². The molecule has 1 rings (SSSR count). The average molecular weight is 141 g/mol. The van der Waals surface area contributed by atoms with Gasteiger partial charge >= 0.3 is 0 Å². The molecule has 0 bridgehead atoms. The van der Waals surface area contributed by atoms with Gasteiger partial charge in [0.25, 0.3) is 0 Å². The van der Waals surface area contributed by atoms with E-state index in [2.05, 4.69) is 10.2 Å². The quantitative estimate of drug-likeness (QED) is 0.593. The monoisotopic (exact) mass is 141 g/mol. The Hall–Kier alpha value is -0.990. The summed E-state index contributed by atoms with van der Waals surface area (Å²) in [7, 11) is 0. The molecular formula is C4H3N3OS. The van der Waals surface area contributed by atoms with Crippen molar-refractivity contribution < 1.29 is 5.11 Å². The van der Waals surface area contributed by atoms with E-state index in [1.165, 1.54) is 0 Å². The van der Waals surface area contributed by atoms with E-state index in [1.807, 2.05) is 6.07 Å². The third-order valence-electron chi connectivity index (χ3n) is 0.698. The summed E-state index contributed by atoms with van der Waals surface area (Å²) in [6, 6.07) is 1.82. The molecule has 0 aliphatic carbocycles. The lowest BCUT2D eigenvalue weighted by atomic mass is 10.8. The number of rotatable bonds is 1. The molecule has 0 aliphatic rings. The lowest BCUT2D eigenvalue weighted by Crippen LogP contribution is -1.78. The van der Waals surface area contributed by atoms with Crippen LogP contribution in [-0.2, 0) is 6.61 Å². The van der Waals surface area contributed by atoms with Gasteiger partial charge in [-0.3, -0.25) is 0 Å². The van der Waals surface area contributed by atoms with E-state index >= 15 is 0 Å². The topological polar surface area (TPSA) is 69.8 Å². The largest absolute Gasteiger partial charge is 0.389 e. The highest BCUT2D eigenvalue weighted by Crippen LogP contribution is 2.06. The van der Waals surface area contributed by atoms with Crippen LogP contribution in [0.1, 0.15) is 10.0 Å². The molecule has 0 atom stereocenters. The molecule has 1 heterocycles. The minimum atomic E-state index is -0.140. The van der Waals surface area contributed by atoms with E-state index in [9.17, 15) is 0 Å². The van der Waals surface area contributed by atoms with Crippen molar-refractivity contribution in [2.24, 2.45) is 0 Å². The number of hydrogen-bond donors (Lipinski definition) is 1. The van der Waals surface area contributed by atoms with Crippen LogP contribution in [0, 0.1) is 11.3 Å². The number of aliphatic hydroxyl groups is 1. The standard InChI is InChI=1S/C4H3N3OS/c5-1-3-6-7-4(2-8)9-3/h8H,2H2. The number of nitriles is 1. The van der Waals surface area contributed by atoms with Crippen LogP contribution in [0.25, 0.3) is 0 Å². The molecule has 0 radical (unpaired) electrons. The zero-order valence-electron chi connectivity index (χ0n) is 4.40. The van der Waals surface area contributed by atoms with Gasteiger partial charge in [0.1, 0.15) is 11.1 Å². The summed E-state index contributed by atoms with van der Waals surface area (Å²) in [5, 5.41) is 24.4. The molecule has 5 heteroatoms. The third kappa shape index (κ3) is 1.22. The molecule has 46 valence electrons. The highest BCUT2D eigenvalue weighted by Gasteiger charge is 1.98. The molecule has 0 amide bonds. The predicted octanol–water partition coefficient (Wildman–Crippen LogP) is -0.0979. The second-order valence-electron chi connectivity index (χ2n) is 1.27. The Kier molecular flexibility index (Phi) is 1.72. The van der Waals surface area contributed by atoms with Crippen LogP contribution in [0.2, 0.25) is 0 Å². The van der Waals surface area contributed by atoms with Crippen molar-refractivity contribution in [3.63, 3.8) is 0 Å². The minimum absolute atomic E-state index is 0.140. The van der Waals surface area contributed by atoms with E-state index < -0.39 is 0 Å². The smallest absolute Gasteiger partial charge is 0.218 e. The van der Waals surface area contributed by atoms with Crippen LogP contribution in [0.5, 0.6) is 0 Å². The summed E-state index contributed by atoms with van der Waals surface area (Å²) in [5.41, 5.74) is 0. The van der Waals surface area contributed by atoms with Gasteiger partial charge in [-0.15, -0.1) is 10.2 Å². The number of aliphatic hydroxyl groups excluding tert-OH is 1. The molecule has 0 saturated heterocycles. The Morgan fingerprint density at radius 1 is 1.67 bits per heavy atom. The summed E-state index contributed by atoms with van der Waals surface area (Å²) < 4.78 is 0. The Morgan fingerprint density at radius 3 is 2.78 bits per heavy atom. The van der Waals surface area contributed by atoms with Crippen LogP contribution in [0.15, 0.2) is 0 Å². The van der Waals surface area contributed by atoms with E-state index in [1.54, 1.807) is 0 Å². The summed E-state index contributed by atoms with van der Waals surface area (Å²) in [6.45, 7) is -0.140. The van der Waals surface area contributed by atoms with Gasteiger partial charge in [0.15, 0.2) is 0 Å². The van der Waals surface area contributed by atoms with Crippen molar-refractivity contribution in [2.45, 2.75) is 6.61 Å². The first-order valence-electron chi connectivity index (χ1n) is 2.20. The zero-order valence-corrected chi connectivity index (χ0v) is 5.22. The van der Waals surface area contributed by atoms with Gasteiger partial charge in [-0.1, -0.05) is 11.3 Å². The maximum Gasteiger partial charge on any atom is 0.218 e. The minimum Gasteiger partial charge on any atom is -0.389 e. The van der Waals surface area contributed by atoms with Crippen LogP contribution in [0.4, 0.5) is 0 Å². The molecular weight excluding hydrogens is 138 g/mol. The fourth-order valence-corrected chi connectivity index (χ4v) is 0.859. The SMILES string of the molecule is N#Cc1nnc(CO)s1. The van der Waals surface area contributed by atoms with Crippen LogP contribution in [-0.4, -0.2) is 15.3 Å². The van der Waals surface area contributed by atoms with Gasteiger partial charge in [-0.2, -0.15) is 5.26 Å². The first kappa shape index (κ1) is 6.13. The maximum absolute atomic E-state index is 8.44. The van der Waals surface area contributed by atoms with Gasteiger partial charge < -0.3 is 5.11 Å². The molecule has 0 aromatic carbocycles. The Labute approximate surface area is 55.4 Å². The van der Waals surface area contributed by atoms with Crippen LogP contribution < -0.4 is 0 Å². The predicted molar refractivity (Wildman–Crippen MR) is 30.5 cm³/mol. The van der Waals surface area contributed by atoms with Crippen molar-refractivity contribution in [1.29, 1.82) is 5.26 Å². The Bertz CT molecular complexity index is 238. The molecule has 0 aliphatic heterocycles. The van der Waals surface area contributed by atoms with Crippen molar-refractivity contribution in [3.05, 3.63) is 10.0 Å². The number of aromatic nitrogens is 2. The maximum atomic E-state index is 8.44. The van der Waals surface area contributed by atoms with Crippen molar-refractivity contribution >= 4 is 11.3 Å². The number of nitrogens with zero attached hydrogens (tertiary/aromatic N) is 3. The summed E-state index contributed by atoms with van der Waals surface area (Å²) >= 11 is 1.10. The number of hydrogen-bond acceptors (Lipinski definition) is 5. The van der Waals surface area contributed by atoms with Crippen molar-refractivity contribution in [1.82, 2.24) is 10.2 Å². The first-order chi connectivity index (χ1) is 4.36. The summed E-state index contributed by atoms with van der Waals surface area (Å²) in [4.78, 5) is 0. The molecule has 0 spiro atoms. The van der Waals surface area contributed by atoms with Crippen LogP contribution in [0.3, 0.4) is 0 Å². The Balaban J connectivity index is 2.90. The highest BCUT2D eigenvalue weighted by atomic mass is 32.1. The Morgan fingerprint density at radius 2 is 2.44 bits per heavy atom. The van der Waals surface area contributed by atoms with E-state index in [0.717, 1.165) is 11.3 Å². The van der Waals surface area contributed by atoms with E-state index in [-0.39, 0.29) is 6.61 Å². The average Bonchev–Trinajstić information content (AvgIpc) is 2.34. The molecule has 1 aromatic rings. The van der Waals surface area contributed by atoms with E-state index in [0.29, 0.717) is 10.0 Å². The fourth-order valence-electron chi connectivity index (χ4n) is 0.363. The first-order valence-corrected chi connectivity index (χ1v) is 3.02. The van der Waals surface area contributed by atoms with Crippen LogP contribution >= 0.6 is 11.3 Å².